The lowest BCUT2D eigenvalue weighted by Gasteiger charge is -2.16. The summed E-state index contributed by atoms with van der Waals surface area (Å²) in [5, 5.41) is 0.544. The predicted molar refractivity (Wildman–Crippen MR) is 115 cm³/mol. The number of hydrogen-bond donors (Lipinski definition) is 0. The Labute approximate surface area is 178 Å². The fourth-order valence-corrected chi connectivity index (χ4v) is 4.58. The molecule has 1 aliphatic rings. The largest absolute Gasteiger partial charge is 0.326 e. The average molecular weight is 424 g/mol. The van der Waals surface area contributed by atoms with Crippen LogP contribution in [0.4, 0.5) is 14.3 Å². The Bertz CT molecular complexity index is 1070. The smallest absolute Gasteiger partial charge is 0.318 e. The molecule has 1 fully saturated rings. The maximum absolute atomic E-state index is 13.8. The molecule has 1 aromatic heterocycles. The Kier molecular flexibility index (Phi) is 5.90. The number of aromatic nitrogens is 1. The van der Waals surface area contributed by atoms with E-state index in [-0.39, 0.29) is 24.1 Å². The number of nitrogens with zero attached hydrogens (tertiary/aromatic N) is 3. The second-order valence-corrected chi connectivity index (χ2v) is 8.24. The Morgan fingerprint density at radius 3 is 2.60 bits per heavy atom. The second kappa shape index (κ2) is 8.75. The molecule has 1 aliphatic heterocycles. The summed E-state index contributed by atoms with van der Waals surface area (Å²) in [6, 6.07) is 16.2. The van der Waals surface area contributed by atoms with Crippen molar-refractivity contribution in [3.8, 4) is 0 Å². The number of urea groups is 1. The van der Waals surface area contributed by atoms with Gasteiger partial charge in [-0.25, -0.2) is 14.2 Å². The molecular formula is C23H22FN3O2S. The SMILES string of the molecule is Cc1nc(N2CCN(Cc3ccccc3)C2=O)sc1C(=O)CCc1ccccc1F. The number of aryl methyl sites for hydroxylation is 2. The number of Topliss-reactive ketones (excluding diaryl/α,β-unsaturated/α-hetero) is 1. The number of anilines is 1. The Hall–Kier alpha value is -3.06. The molecule has 0 spiro atoms. The van der Waals surface area contributed by atoms with Crippen LogP contribution in [-0.4, -0.2) is 34.8 Å². The number of benzene rings is 2. The number of halogens is 1. The van der Waals surface area contributed by atoms with Gasteiger partial charge in [-0.1, -0.05) is 59.9 Å². The summed E-state index contributed by atoms with van der Waals surface area (Å²) < 4.78 is 13.8. The molecule has 5 nitrogen and oxygen atoms in total. The monoisotopic (exact) mass is 423 g/mol. The molecule has 4 rings (SSSR count). The van der Waals surface area contributed by atoms with Crippen molar-refractivity contribution in [3.05, 3.63) is 82.1 Å². The number of amides is 2. The predicted octanol–water partition coefficient (Wildman–Crippen LogP) is 4.85. The molecule has 154 valence electrons. The summed E-state index contributed by atoms with van der Waals surface area (Å²) in [6.45, 7) is 3.48. The molecule has 2 aromatic carbocycles. The number of carbonyl (C=O) groups is 2. The van der Waals surface area contributed by atoms with Gasteiger partial charge in [-0.15, -0.1) is 0 Å². The van der Waals surface area contributed by atoms with E-state index in [1.807, 2.05) is 30.3 Å². The van der Waals surface area contributed by atoms with Crippen molar-refractivity contribution in [1.82, 2.24) is 9.88 Å². The third-order valence-corrected chi connectivity index (χ3v) is 6.38. The lowest BCUT2D eigenvalue weighted by Crippen LogP contribution is -2.31. The molecule has 2 amide bonds. The summed E-state index contributed by atoms with van der Waals surface area (Å²) in [4.78, 5) is 34.0. The zero-order valence-corrected chi connectivity index (χ0v) is 17.5. The molecule has 2 heterocycles. The first-order valence-electron chi connectivity index (χ1n) is 9.87. The van der Waals surface area contributed by atoms with Gasteiger partial charge >= 0.3 is 6.03 Å². The molecule has 0 N–H and O–H groups in total. The molecule has 0 aliphatic carbocycles. The van der Waals surface area contributed by atoms with Crippen molar-refractivity contribution < 1.29 is 14.0 Å². The molecule has 30 heavy (non-hydrogen) atoms. The van der Waals surface area contributed by atoms with Crippen molar-refractivity contribution in [2.45, 2.75) is 26.3 Å². The zero-order valence-electron chi connectivity index (χ0n) is 16.7. The van der Waals surface area contributed by atoms with Gasteiger partial charge in [-0.2, -0.15) is 0 Å². The van der Waals surface area contributed by atoms with E-state index < -0.39 is 0 Å². The Morgan fingerprint density at radius 1 is 1.10 bits per heavy atom. The summed E-state index contributed by atoms with van der Waals surface area (Å²) in [6.07, 6.45) is 0.545. The van der Waals surface area contributed by atoms with Gasteiger partial charge in [0.1, 0.15) is 5.82 Å². The number of hydrogen-bond acceptors (Lipinski definition) is 4. The van der Waals surface area contributed by atoms with Crippen molar-refractivity contribution >= 4 is 28.3 Å². The molecule has 3 aromatic rings. The van der Waals surface area contributed by atoms with Gasteiger partial charge in [0.05, 0.1) is 10.6 Å². The van der Waals surface area contributed by atoms with E-state index in [4.69, 9.17) is 0 Å². The molecule has 0 atom stereocenters. The van der Waals surface area contributed by atoms with Crippen molar-refractivity contribution in [2.24, 2.45) is 0 Å². The average Bonchev–Trinajstić information content (AvgIpc) is 3.30. The van der Waals surface area contributed by atoms with Crippen molar-refractivity contribution in [2.75, 3.05) is 18.0 Å². The minimum atomic E-state index is -0.298. The van der Waals surface area contributed by atoms with E-state index in [0.717, 1.165) is 5.56 Å². The molecule has 0 bridgehead atoms. The maximum Gasteiger partial charge on any atom is 0.326 e. The van der Waals surface area contributed by atoms with Crippen LogP contribution in [0.15, 0.2) is 54.6 Å². The summed E-state index contributed by atoms with van der Waals surface area (Å²) >= 11 is 1.24. The van der Waals surface area contributed by atoms with Crippen LogP contribution in [0, 0.1) is 12.7 Å². The third-order valence-electron chi connectivity index (χ3n) is 5.16. The zero-order chi connectivity index (χ0) is 21.1. The van der Waals surface area contributed by atoms with E-state index >= 15 is 0 Å². The van der Waals surface area contributed by atoms with Gasteiger partial charge < -0.3 is 4.90 Å². The maximum atomic E-state index is 13.8. The van der Waals surface area contributed by atoms with Crippen LogP contribution in [0.2, 0.25) is 0 Å². The minimum Gasteiger partial charge on any atom is -0.318 e. The van der Waals surface area contributed by atoms with Crippen LogP contribution in [0.5, 0.6) is 0 Å². The van der Waals surface area contributed by atoms with Gasteiger partial charge in [0.25, 0.3) is 0 Å². The highest BCUT2D eigenvalue weighted by Gasteiger charge is 2.32. The number of carbonyl (C=O) groups excluding carboxylic acids is 2. The van der Waals surface area contributed by atoms with Gasteiger partial charge in [-0.05, 0) is 30.5 Å². The standard InChI is InChI=1S/C23H22FN3O2S/c1-16-21(20(28)12-11-18-9-5-6-10-19(18)24)30-22(25-16)27-14-13-26(23(27)29)15-17-7-3-2-4-8-17/h2-10H,11-15H2,1H3. The lowest BCUT2D eigenvalue weighted by atomic mass is 10.1. The molecule has 0 saturated carbocycles. The number of rotatable bonds is 7. The van der Waals surface area contributed by atoms with Crippen LogP contribution in [-0.2, 0) is 13.0 Å². The van der Waals surface area contributed by atoms with Crippen LogP contribution in [0.3, 0.4) is 0 Å². The third kappa shape index (κ3) is 4.26. The van der Waals surface area contributed by atoms with Crippen LogP contribution < -0.4 is 4.90 Å². The number of ketones is 1. The highest BCUT2D eigenvalue weighted by atomic mass is 32.1. The minimum absolute atomic E-state index is 0.0766. The first-order chi connectivity index (χ1) is 14.5. The highest BCUT2D eigenvalue weighted by molar-refractivity contribution is 7.17. The number of thiazole rings is 1. The Morgan fingerprint density at radius 2 is 1.83 bits per heavy atom. The van der Waals surface area contributed by atoms with Gasteiger partial charge in [0.15, 0.2) is 10.9 Å². The highest BCUT2D eigenvalue weighted by Crippen LogP contribution is 2.30. The van der Waals surface area contributed by atoms with E-state index in [2.05, 4.69) is 4.98 Å². The van der Waals surface area contributed by atoms with Gasteiger partial charge in [-0.3, -0.25) is 9.69 Å². The fraction of sp³-hybridized carbons (Fsp3) is 0.261. The van der Waals surface area contributed by atoms with E-state index in [1.165, 1.54) is 17.4 Å². The van der Waals surface area contributed by atoms with Crippen LogP contribution in [0.25, 0.3) is 0 Å². The second-order valence-electron chi connectivity index (χ2n) is 7.27. The summed E-state index contributed by atoms with van der Waals surface area (Å²) in [5.41, 5.74) is 2.22. The quantitative estimate of drug-likeness (QED) is 0.511. The normalized spacial score (nSPS) is 13.9. The van der Waals surface area contributed by atoms with E-state index in [9.17, 15) is 14.0 Å². The van der Waals surface area contributed by atoms with E-state index in [0.29, 0.717) is 47.3 Å². The Balaban J connectivity index is 1.42. The van der Waals surface area contributed by atoms with Crippen molar-refractivity contribution in [3.63, 3.8) is 0 Å². The van der Waals surface area contributed by atoms with Gasteiger partial charge in [0, 0.05) is 26.1 Å². The molecule has 7 heteroatoms. The first-order valence-corrected chi connectivity index (χ1v) is 10.7. The van der Waals surface area contributed by atoms with E-state index in [1.54, 1.807) is 34.9 Å². The molecular weight excluding hydrogens is 401 g/mol. The van der Waals surface area contributed by atoms with Gasteiger partial charge in [0.2, 0.25) is 0 Å². The lowest BCUT2D eigenvalue weighted by molar-refractivity contribution is 0.0985. The summed E-state index contributed by atoms with van der Waals surface area (Å²) in [7, 11) is 0. The molecule has 0 unspecified atom stereocenters. The first kappa shape index (κ1) is 20.2. The molecule has 1 saturated heterocycles. The fourth-order valence-electron chi connectivity index (χ4n) is 3.53. The topological polar surface area (TPSA) is 53.5 Å². The summed E-state index contributed by atoms with van der Waals surface area (Å²) in [5.74, 6) is -0.375. The van der Waals surface area contributed by atoms with Crippen LogP contribution >= 0.6 is 11.3 Å². The molecule has 0 radical (unpaired) electrons. The van der Waals surface area contributed by atoms with Crippen LogP contribution in [0.1, 0.15) is 32.9 Å². The van der Waals surface area contributed by atoms with Crippen molar-refractivity contribution in [1.29, 1.82) is 0 Å².